The minimum atomic E-state index is 0.188. The zero-order valence-corrected chi connectivity index (χ0v) is 8.68. The minimum absolute atomic E-state index is 0.188. The third-order valence-electron chi connectivity index (χ3n) is 2.15. The fourth-order valence-electron chi connectivity index (χ4n) is 1.30. The molecular formula is C11H14ClN. The van der Waals surface area contributed by atoms with Gasteiger partial charge in [0.15, 0.2) is 0 Å². The number of halogens is 1. The van der Waals surface area contributed by atoms with Gasteiger partial charge in [-0.1, -0.05) is 42.8 Å². The first-order valence-corrected chi connectivity index (χ1v) is 4.70. The normalized spacial score (nSPS) is 14.2. The molecule has 0 aliphatic carbocycles. The van der Waals surface area contributed by atoms with Gasteiger partial charge in [-0.25, -0.2) is 0 Å². The van der Waals surface area contributed by atoms with E-state index in [1.165, 1.54) is 0 Å². The molecule has 1 rings (SSSR count). The minimum Gasteiger partial charge on any atom is -0.398 e. The van der Waals surface area contributed by atoms with E-state index < -0.39 is 0 Å². The van der Waals surface area contributed by atoms with Crippen LogP contribution in [0.5, 0.6) is 0 Å². The topological polar surface area (TPSA) is 26.0 Å². The molecule has 2 N–H and O–H groups in total. The summed E-state index contributed by atoms with van der Waals surface area (Å²) < 4.78 is 0. The lowest BCUT2D eigenvalue weighted by Gasteiger charge is -2.12. The van der Waals surface area contributed by atoms with Gasteiger partial charge in [0.1, 0.15) is 0 Å². The highest BCUT2D eigenvalue weighted by Crippen LogP contribution is 2.29. The van der Waals surface area contributed by atoms with Crippen LogP contribution in [0, 0.1) is 0 Å². The van der Waals surface area contributed by atoms with E-state index in [0.717, 1.165) is 16.3 Å². The fraction of sp³-hybridized carbons (Fsp3) is 0.273. The molecule has 70 valence electrons. The predicted molar refractivity (Wildman–Crippen MR) is 58.9 cm³/mol. The highest BCUT2D eigenvalue weighted by Gasteiger charge is 2.10. The van der Waals surface area contributed by atoms with Crippen LogP contribution in [-0.4, -0.2) is 0 Å². The summed E-state index contributed by atoms with van der Waals surface area (Å²) in [7, 11) is 0. The van der Waals surface area contributed by atoms with E-state index in [1.54, 1.807) is 0 Å². The van der Waals surface area contributed by atoms with Crippen molar-refractivity contribution in [3.63, 3.8) is 0 Å². The van der Waals surface area contributed by atoms with Crippen molar-refractivity contribution in [2.75, 3.05) is 5.73 Å². The molecule has 1 aromatic carbocycles. The monoisotopic (exact) mass is 195 g/mol. The van der Waals surface area contributed by atoms with Gasteiger partial charge < -0.3 is 5.73 Å². The van der Waals surface area contributed by atoms with Crippen molar-refractivity contribution in [1.82, 2.24) is 0 Å². The third-order valence-corrected chi connectivity index (χ3v) is 2.70. The second kappa shape index (κ2) is 4.33. The van der Waals surface area contributed by atoms with Gasteiger partial charge in [0.05, 0.1) is 0 Å². The first-order chi connectivity index (χ1) is 6.16. The van der Waals surface area contributed by atoms with Crippen molar-refractivity contribution in [3.8, 4) is 0 Å². The number of benzene rings is 1. The number of rotatable bonds is 2. The maximum Gasteiger partial charge on any atom is 0.0353 e. The SMILES string of the molecule is CC=C(Cl)C(C)c1ccccc1N. The maximum absolute atomic E-state index is 6.03. The Hall–Kier alpha value is -0.950. The van der Waals surface area contributed by atoms with Crippen LogP contribution in [0.4, 0.5) is 5.69 Å². The molecule has 1 aromatic rings. The van der Waals surface area contributed by atoms with Gasteiger partial charge in [-0.3, -0.25) is 0 Å². The molecule has 1 atom stereocenters. The van der Waals surface area contributed by atoms with Crippen molar-refractivity contribution in [1.29, 1.82) is 0 Å². The number of para-hydroxylation sites is 1. The van der Waals surface area contributed by atoms with E-state index in [2.05, 4.69) is 0 Å². The lowest BCUT2D eigenvalue weighted by molar-refractivity contribution is 0.948. The molecule has 2 heteroatoms. The lowest BCUT2D eigenvalue weighted by atomic mass is 9.99. The number of anilines is 1. The van der Waals surface area contributed by atoms with Gasteiger partial charge in [0, 0.05) is 16.6 Å². The summed E-state index contributed by atoms with van der Waals surface area (Å²) in [5, 5.41) is 0.831. The van der Waals surface area contributed by atoms with E-state index in [1.807, 2.05) is 44.2 Å². The van der Waals surface area contributed by atoms with Crippen molar-refractivity contribution in [2.45, 2.75) is 19.8 Å². The van der Waals surface area contributed by atoms with E-state index in [4.69, 9.17) is 17.3 Å². The largest absolute Gasteiger partial charge is 0.398 e. The van der Waals surface area contributed by atoms with Crippen LogP contribution >= 0.6 is 11.6 Å². The first kappa shape index (κ1) is 10.1. The standard InChI is InChI=1S/C11H14ClN/c1-3-10(12)8(2)9-6-4-5-7-11(9)13/h3-8H,13H2,1-2H3. The zero-order chi connectivity index (χ0) is 9.84. The Balaban J connectivity index is 3.02. The summed E-state index contributed by atoms with van der Waals surface area (Å²) >= 11 is 6.03. The van der Waals surface area contributed by atoms with Gasteiger partial charge in [0.25, 0.3) is 0 Å². The molecule has 0 radical (unpaired) electrons. The van der Waals surface area contributed by atoms with E-state index in [0.29, 0.717) is 0 Å². The highest BCUT2D eigenvalue weighted by molar-refractivity contribution is 6.30. The van der Waals surface area contributed by atoms with Crippen molar-refractivity contribution in [2.24, 2.45) is 0 Å². The Bertz CT molecular complexity index is 318. The summed E-state index contributed by atoms with van der Waals surface area (Å²) in [5.41, 5.74) is 7.72. The van der Waals surface area contributed by atoms with Gasteiger partial charge in [-0.05, 0) is 18.6 Å². The van der Waals surface area contributed by atoms with Gasteiger partial charge in [-0.2, -0.15) is 0 Å². The summed E-state index contributed by atoms with van der Waals surface area (Å²) in [6, 6.07) is 7.80. The van der Waals surface area contributed by atoms with Crippen LogP contribution in [-0.2, 0) is 0 Å². The van der Waals surface area contributed by atoms with Crippen LogP contribution in [0.15, 0.2) is 35.4 Å². The quantitative estimate of drug-likeness (QED) is 0.719. The van der Waals surface area contributed by atoms with Crippen LogP contribution in [0.1, 0.15) is 25.3 Å². The lowest BCUT2D eigenvalue weighted by Crippen LogP contribution is -1.98. The summed E-state index contributed by atoms with van der Waals surface area (Å²) in [4.78, 5) is 0. The average molecular weight is 196 g/mol. The molecule has 0 heterocycles. The number of hydrogen-bond acceptors (Lipinski definition) is 1. The Labute approximate surface area is 84.2 Å². The van der Waals surface area contributed by atoms with Gasteiger partial charge >= 0.3 is 0 Å². The molecular weight excluding hydrogens is 182 g/mol. The molecule has 0 aromatic heterocycles. The summed E-state index contributed by atoms with van der Waals surface area (Å²) in [6.45, 7) is 3.98. The Morgan fingerprint density at radius 1 is 1.46 bits per heavy atom. The van der Waals surface area contributed by atoms with E-state index >= 15 is 0 Å². The number of hydrogen-bond donors (Lipinski definition) is 1. The Morgan fingerprint density at radius 2 is 2.08 bits per heavy atom. The Kier molecular flexibility index (Phi) is 3.38. The zero-order valence-electron chi connectivity index (χ0n) is 7.92. The van der Waals surface area contributed by atoms with E-state index in [-0.39, 0.29) is 5.92 Å². The van der Waals surface area contributed by atoms with Crippen LogP contribution in [0.2, 0.25) is 0 Å². The molecule has 0 fully saturated rings. The highest BCUT2D eigenvalue weighted by atomic mass is 35.5. The van der Waals surface area contributed by atoms with Crippen molar-refractivity contribution < 1.29 is 0 Å². The molecule has 0 aliphatic rings. The van der Waals surface area contributed by atoms with Crippen LogP contribution in [0.3, 0.4) is 0 Å². The fourth-order valence-corrected chi connectivity index (χ4v) is 1.42. The summed E-state index contributed by atoms with van der Waals surface area (Å²) in [5.74, 6) is 0.188. The van der Waals surface area contributed by atoms with Crippen molar-refractivity contribution >= 4 is 17.3 Å². The molecule has 0 saturated heterocycles. The van der Waals surface area contributed by atoms with E-state index in [9.17, 15) is 0 Å². The maximum atomic E-state index is 6.03. The van der Waals surface area contributed by atoms with Gasteiger partial charge in [-0.15, -0.1) is 0 Å². The molecule has 0 bridgehead atoms. The second-order valence-corrected chi connectivity index (χ2v) is 3.46. The predicted octanol–water partition coefficient (Wildman–Crippen LogP) is 3.51. The number of allylic oxidation sites excluding steroid dienone is 2. The first-order valence-electron chi connectivity index (χ1n) is 4.33. The van der Waals surface area contributed by atoms with Crippen LogP contribution < -0.4 is 5.73 Å². The molecule has 1 unspecified atom stereocenters. The molecule has 1 nitrogen and oxygen atoms in total. The third kappa shape index (κ3) is 2.25. The second-order valence-electron chi connectivity index (χ2n) is 3.02. The number of nitrogen functional groups attached to an aromatic ring is 1. The Morgan fingerprint density at radius 3 is 2.62 bits per heavy atom. The molecule has 13 heavy (non-hydrogen) atoms. The number of nitrogens with two attached hydrogens (primary N) is 1. The molecule has 0 aliphatic heterocycles. The smallest absolute Gasteiger partial charge is 0.0353 e. The molecule has 0 amide bonds. The van der Waals surface area contributed by atoms with Gasteiger partial charge in [0.2, 0.25) is 0 Å². The van der Waals surface area contributed by atoms with Crippen molar-refractivity contribution in [3.05, 3.63) is 40.9 Å². The summed E-state index contributed by atoms with van der Waals surface area (Å²) in [6.07, 6.45) is 1.90. The average Bonchev–Trinajstić information content (AvgIpc) is 2.16. The molecule has 0 spiro atoms. The van der Waals surface area contributed by atoms with Crippen LogP contribution in [0.25, 0.3) is 0 Å². The molecule has 0 saturated carbocycles.